The van der Waals surface area contributed by atoms with Gasteiger partial charge in [0.1, 0.15) is 11.6 Å². The summed E-state index contributed by atoms with van der Waals surface area (Å²) in [5.74, 6) is 3.29. The first kappa shape index (κ1) is 15.9. The van der Waals surface area contributed by atoms with Crippen LogP contribution in [0.25, 0.3) is 0 Å². The van der Waals surface area contributed by atoms with Crippen molar-refractivity contribution in [3.63, 3.8) is 0 Å². The highest BCUT2D eigenvalue weighted by Gasteiger charge is 2.33. The highest BCUT2D eigenvalue weighted by molar-refractivity contribution is 5.79. The maximum Gasteiger partial charge on any atom is 0.225 e. The first-order valence-electron chi connectivity index (χ1n) is 9.49. The van der Waals surface area contributed by atoms with Gasteiger partial charge in [-0.05, 0) is 45.4 Å². The summed E-state index contributed by atoms with van der Waals surface area (Å²) in [5, 5.41) is 0. The number of aryl methyl sites for hydroxylation is 1. The Morgan fingerprint density at radius 2 is 1.96 bits per heavy atom. The number of amides is 1. The van der Waals surface area contributed by atoms with Crippen LogP contribution in [-0.2, 0) is 4.79 Å². The average Bonchev–Trinajstić information content (AvgIpc) is 3.37. The van der Waals surface area contributed by atoms with Crippen LogP contribution in [0, 0.1) is 12.8 Å². The second-order valence-corrected chi connectivity index (χ2v) is 7.82. The first-order valence-corrected chi connectivity index (χ1v) is 9.49. The van der Waals surface area contributed by atoms with Gasteiger partial charge in [-0.2, -0.15) is 0 Å². The van der Waals surface area contributed by atoms with Crippen molar-refractivity contribution in [3.8, 4) is 0 Å². The van der Waals surface area contributed by atoms with Crippen molar-refractivity contribution in [2.24, 2.45) is 5.92 Å². The van der Waals surface area contributed by atoms with E-state index >= 15 is 0 Å². The Morgan fingerprint density at radius 1 is 1.17 bits per heavy atom. The topological polar surface area (TPSA) is 49.3 Å². The third kappa shape index (κ3) is 3.13. The summed E-state index contributed by atoms with van der Waals surface area (Å²) in [7, 11) is 2.00. The quantitative estimate of drug-likeness (QED) is 0.853. The Bertz CT molecular complexity index is 624. The van der Waals surface area contributed by atoms with Gasteiger partial charge in [-0.3, -0.25) is 4.79 Å². The van der Waals surface area contributed by atoms with Gasteiger partial charge in [-0.1, -0.05) is 6.42 Å². The number of anilines is 1. The summed E-state index contributed by atoms with van der Waals surface area (Å²) >= 11 is 0. The second kappa shape index (κ2) is 6.34. The van der Waals surface area contributed by atoms with Crippen molar-refractivity contribution in [3.05, 3.63) is 17.6 Å². The molecule has 5 nitrogen and oxygen atoms in total. The number of rotatable bonds is 4. The Morgan fingerprint density at radius 3 is 2.62 bits per heavy atom. The van der Waals surface area contributed by atoms with Crippen LogP contribution in [0.1, 0.15) is 62.4 Å². The number of carbonyl (C=O) groups is 1. The minimum absolute atomic E-state index is 0.285. The van der Waals surface area contributed by atoms with E-state index in [1.54, 1.807) is 0 Å². The molecule has 4 rings (SSSR count). The molecule has 24 heavy (non-hydrogen) atoms. The van der Waals surface area contributed by atoms with E-state index in [1.807, 2.05) is 11.9 Å². The van der Waals surface area contributed by atoms with Gasteiger partial charge in [-0.15, -0.1) is 0 Å². The maximum absolute atomic E-state index is 12.6. The summed E-state index contributed by atoms with van der Waals surface area (Å²) < 4.78 is 0. The van der Waals surface area contributed by atoms with Gasteiger partial charge >= 0.3 is 0 Å². The van der Waals surface area contributed by atoms with E-state index in [9.17, 15) is 4.79 Å². The molecule has 3 aliphatic rings. The fraction of sp³-hybridized carbons (Fsp3) is 0.737. The van der Waals surface area contributed by atoms with Gasteiger partial charge < -0.3 is 9.80 Å². The lowest BCUT2D eigenvalue weighted by Crippen LogP contribution is -2.51. The van der Waals surface area contributed by atoms with Crippen molar-refractivity contribution < 1.29 is 4.79 Å². The van der Waals surface area contributed by atoms with Gasteiger partial charge in [0.15, 0.2) is 0 Å². The van der Waals surface area contributed by atoms with Crippen LogP contribution in [0.2, 0.25) is 0 Å². The second-order valence-electron chi connectivity index (χ2n) is 7.82. The van der Waals surface area contributed by atoms with E-state index in [1.165, 1.54) is 19.3 Å². The standard InChI is InChI=1S/C19H28N4O/c1-13-11-17(21-18(20-13)14-8-9-14)23-10-4-7-16(12-23)22(2)19(24)15-5-3-6-15/h11,14-16H,3-10,12H2,1-2H3. The van der Waals surface area contributed by atoms with Gasteiger partial charge in [0, 0.05) is 49.8 Å². The molecule has 2 aliphatic carbocycles. The monoisotopic (exact) mass is 328 g/mol. The number of piperidine rings is 1. The maximum atomic E-state index is 12.6. The number of aromatic nitrogens is 2. The van der Waals surface area contributed by atoms with Crippen LogP contribution in [0.3, 0.4) is 0 Å². The molecule has 1 aromatic heterocycles. The smallest absolute Gasteiger partial charge is 0.225 e. The van der Waals surface area contributed by atoms with Gasteiger partial charge in [-0.25, -0.2) is 9.97 Å². The molecule has 1 aliphatic heterocycles. The van der Waals surface area contributed by atoms with E-state index in [4.69, 9.17) is 4.98 Å². The van der Waals surface area contributed by atoms with E-state index in [2.05, 4.69) is 22.9 Å². The van der Waals surface area contributed by atoms with Crippen LogP contribution >= 0.6 is 0 Å². The molecule has 5 heteroatoms. The fourth-order valence-corrected chi connectivity index (χ4v) is 3.86. The number of hydrogen-bond donors (Lipinski definition) is 0. The lowest BCUT2D eigenvalue weighted by atomic mass is 9.84. The highest BCUT2D eigenvalue weighted by atomic mass is 16.2. The normalized spacial score (nSPS) is 24.6. The average molecular weight is 328 g/mol. The van der Waals surface area contributed by atoms with Crippen molar-refractivity contribution in [1.82, 2.24) is 14.9 Å². The molecule has 1 unspecified atom stereocenters. The number of hydrogen-bond acceptors (Lipinski definition) is 4. The van der Waals surface area contributed by atoms with E-state index in [-0.39, 0.29) is 5.92 Å². The third-order valence-corrected chi connectivity index (χ3v) is 5.87. The van der Waals surface area contributed by atoms with Crippen LogP contribution in [-0.4, -0.2) is 47.0 Å². The highest BCUT2D eigenvalue weighted by Crippen LogP contribution is 2.39. The molecular weight excluding hydrogens is 300 g/mol. The summed E-state index contributed by atoms with van der Waals surface area (Å²) in [6, 6.07) is 2.41. The lowest BCUT2D eigenvalue weighted by Gasteiger charge is -2.40. The molecule has 2 saturated carbocycles. The van der Waals surface area contributed by atoms with Crippen molar-refractivity contribution in [2.45, 2.75) is 63.8 Å². The van der Waals surface area contributed by atoms with Crippen LogP contribution in [0.5, 0.6) is 0 Å². The van der Waals surface area contributed by atoms with E-state index < -0.39 is 0 Å². The summed E-state index contributed by atoms with van der Waals surface area (Å²) in [6.45, 7) is 3.99. The predicted molar refractivity (Wildman–Crippen MR) is 94.1 cm³/mol. The molecule has 1 aromatic rings. The van der Waals surface area contributed by atoms with Gasteiger partial charge in [0.25, 0.3) is 0 Å². The zero-order chi connectivity index (χ0) is 16.7. The Labute approximate surface area is 144 Å². The molecule has 0 radical (unpaired) electrons. The molecular formula is C19H28N4O. The third-order valence-electron chi connectivity index (χ3n) is 5.87. The molecule has 1 atom stereocenters. The Hall–Kier alpha value is -1.65. The zero-order valence-electron chi connectivity index (χ0n) is 14.9. The van der Waals surface area contributed by atoms with E-state index in [0.717, 1.165) is 56.1 Å². The Kier molecular flexibility index (Phi) is 4.19. The predicted octanol–water partition coefficient (Wildman–Crippen LogP) is 2.89. The molecule has 0 bridgehead atoms. The zero-order valence-corrected chi connectivity index (χ0v) is 14.9. The summed E-state index contributed by atoms with van der Waals surface area (Å²) in [6.07, 6.45) is 8.05. The van der Waals surface area contributed by atoms with E-state index in [0.29, 0.717) is 17.9 Å². The Balaban J connectivity index is 1.47. The first-order chi connectivity index (χ1) is 11.6. The van der Waals surface area contributed by atoms with Gasteiger partial charge in [0.2, 0.25) is 5.91 Å². The minimum Gasteiger partial charge on any atom is -0.354 e. The lowest BCUT2D eigenvalue weighted by molar-refractivity contribution is -0.139. The van der Waals surface area contributed by atoms with Crippen LogP contribution < -0.4 is 4.90 Å². The summed E-state index contributed by atoms with van der Waals surface area (Å²) in [4.78, 5) is 26.4. The molecule has 3 fully saturated rings. The molecule has 0 aromatic carbocycles. The summed E-state index contributed by atoms with van der Waals surface area (Å²) in [5.41, 5.74) is 1.06. The minimum atomic E-state index is 0.285. The molecule has 130 valence electrons. The largest absolute Gasteiger partial charge is 0.354 e. The fourth-order valence-electron chi connectivity index (χ4n) is 3.86. The van der Waals surface area contributed by atoms with Crippen LogP contribution in [0.15, 0.2) is 6.07 Å². The SMILES string of the molecule is Cc1cc(N2CCCC(N(C)C(=O)C3CCC3)C2)nc(C2CC2)n1. The van der Waals surface area contributed by atoms with Gasteiger partial charge in [0.05, 0.1) is 0 Å². The molecule has 1 amide bonds. The number of likely N-dealkylation sites (N-methyl/N-ethyl adjacent to an activating group) is 1. The molecule has 1 saturated heterocycles. The van der Waals surface area contributed by atoms with Crippen molar-refractivity contribution in [2.75, 3.05) is 25.0 Å². The van der Waals surface area contributed by atoms with Crippen molar-refractivity contribution in [1.29, 1.82) is 0 Å². The number of carbonyl (C=O) groups excluding carboxylic acids is 1. The molecule has 0 spiro atoms. The number of nitrogens with zero attached hydrogens (tertiary/aromatic N) is 4. The van der Waals surface area contributed by atoms with Crippen molar-refractivity contribution >= 4 is 11.7 Å². The molecule has 2 heterocycles. The molecule has 0 N–H and O–H groups in total. The van der Waals surface area contributed by atoms with Crippen LogP contribution in [0.4, 0.5) is 5.82 Å².